The van der Waals surface area contributed by atoms with Gasteiger partial charge in [-0.25, -0.2) is 0 Å². The molecule has 4 nitrogen and oxygen atoms in total. The summed E-state index contributed by atoms with van der Waals surface area (Å²) < 4.78 is 0. The fourth-order valence-electron chi connectivity index (χ4n) is 2.96. The standard InChI is InChI=1S/C17H27N3O/c1-2-3-11-20(14-17(18)21)16-10-6-5-9-15(16)19-12-7-4-8-13-19/h5-6,9-10H,2-4,7-8,11-14H2,1H3,(H2,18,21). The van der Waals surface area contributed by atoms with Crippen molar-refractivity contribution in [2.24, 2.45) is 5.73 Å². The van der Waals surface area contributed by atoms with Crippen molar-refractivity contribution in [1.29, 1.82) is 0 Å². The minimum Gasteiger partial charge on any atom is -0.370 e. The highest BCUT2D eigenvalue weighted by Crippen LogP contribution is 2.31. The average molecular weight is 289 g/mol. The van der Waals surface area contributed by atoms with Gasteiger partial charge in [0, 0.05) is 19.6 Å². The van der Waals surface area contributed by atoms with Crippen LogP contribution in [0.25, 0.3) is 0 Å². The molecule has 1 aromatic carbocycles. The van der Waals surface area contributed by atoms with Gasteiger partial charge < -0.3 is 15.5 Å². The summed E-state index contributed by atoms with van der Waals surface area (Å²) in [5, 5.41) is 0. The minimum absolute atomic E-state index is 0.264. The maximum absolute atomic E-state index is 11.4. The van der Waals surface area contributed by atoms with Crippen molar-refractivity contribution in [3.05, 3.63) is 24.3 Å². The van der Waals surface area contributed by atoms with Crippen LogP contribution in [0, 0.1) is 0 Å². The number of carbonyl (C=O) groups excluding carboxylic acids is 1. The average Bonchev–Trinajstić information content (AvgIpc) is 2.52. The molecule has 2 N–H and O–H groups in total. The molecule has 1 amide bonds. The second-order valence-corrected chi connectivity index (χ2v) is 5.78. The molecule has 2 rings (SSSR count). The van der Waals surface area contributed by atoms with E-state index in [4.69, 9.17) is 5.73 Å². The summed E-state index contributed by atoms with van der Waals surface area (Å²) in [4.78, 5) is 16.0. The van der Waals surface area contributed by atoms with E-state index in [1.54, 1.807) is 0 Å². The summed E-state index contributed by atoms with van der Waals surface area (Å²) in [6.07, 6.45) is 6.00. The number of para-hydroxylation sites is 2. The molecule has 0 aliphatic carbocycles. The molecule has 0 radical (unpaired) electrons. The molecule has 21 heavy (non-hydrogen) atoms. The van der Waals surface area contributed by atoms with Crippen LogP contribution in [0.15, 0.2) is 24.3 Å². The van der Waals surface area contributed by atoms with Crippen molar-refractivity contribution in [2.45, 2.75) is 39.0 Å². The maximum Gasteiger partial charge on any atom is 0.236 e. The predicted molar refractivity (Wildman–Crippen MR) is 88.8 cm³/mol. The number of hydrogen-bond donors (Lipinski definition) is 1. The lowest BCUT2D eigenvalue weighted by molar-refractivity contribution is -0.116. The topological polar surface area (TPSA) is 49.6 Å². The van der Waals surface area contributed by atoms with Gasteiger partial charge in [0.2, 0.25) is 5.91 Å². The summed E-state index contributed by atoms with van der Waals surface area (Å²) in [6, 6.07) is 8.40. The lowest BCUT2D eigenvalue weighted by Gasteiger charge is -2.34. The number of amides is 1. The van der Waals surface area contributed by atoms with Gasteiger partial charge in [-0.1, -0.05) is 25.5 Å². The van der Waals surface area contributed by atoms with Crippen LogP contribution < -0.4 is 15.5 Å². The molecular formula is C17H27N3O. The number of unbranched alkanes of at least 4 members (excludes halogenated alkanes) is 1. The highest BCUT2D eigenvalue weighted by molar-refractivity contribution is 5.82. The highest BCUT2D eigenvalue weighted by Gasteiger charge is 2.18. The molecule has 1 aliphatic heterocycles. The number of primary amides is 1. The predicted octanol–water partition coefficient (Wildman–Crippen LogP) is 2.77. The lowest BCUT2D eigenvalue weighted by Crippen LogP contribution is -2.37. The quantitative estimate of drug-likeness (QED) is 0.839. The summed E-state index contributed by atoms with van der Waals surface area (Å²) in [6.45, 7) is 5.55. The number of rotatable bonds is 7. The Morgan fingerprint density at radius 2 is 1.95 bits per heavy atom. The Labute approximate surface area is 127 Å². The van der Waals surface area contributed by atoms with E-state index < -0.39 is 0 Å². The van der Waals surface area contributed by atoms with Gasteiger partial charge in [0.05, 0.1) is 17.9 Å². The number of nitrogens with two attached hydrogens (primary N) is 1. The summed E-state index contributed by atoms with van der Waals surface area (Å²) in [5.41, 5.74) is 7.83. The highest BCUT2D eigenvalue weighted by atomic mass is 16.1. The first-order valence-electron chi connectivity index (χ1n) is 8.09. The zero-order chi connectivity index (χ0) is 15.1. The third-order valence-corrected chi connectivity index (χ3v) is 4.05. The van der Waals surface area contributed by atoms with Crippen LogP contribution in [0.1, 0.15) is 39.0 Å². The number of hydrogen-bond acceptors (Lipinski definition) is 3. The van der Waals surface area contributed by atoms with Crippen LogP contribution >= 0.6 is 0 Å². The monoisotopic (exact) mass is 289 g/mol. The first-order chi connectivity index (χ1) is 10.2. The Hall–Kier alpha value is -1.71. The Kier molecular flexibility index (Phi) is 5.90. The van der Waals surface area contributed by atoms with Crippen molar-refractivity contribution in [1.82, 2.24) is 0 Å². The van der Waals surface area contributed by atoms with Gasteiger partial charge in [0.1, 0.15) is 0 Å². The van der Waals surface area contributed by atoms with E-state index in [0.29, 0.717) is 6.54 Å². The largest absolute Gasteiger partial charge is 0.370 e. The summed E-state index contributed by atoms with van der Waals surface area (Å²) in [7, 11) is 0. The molecule has 0 saturated carbocycles. The summed E-state index contributed by atoms with van der Waals surface area (Å²) >= 11 is 0. The first kappa shape index (κ1) is 15.7. The normalized spacial score (nSPS) is 15.0. The smallest absolute Gasteiger partial charge is 0.236 e. The van der Waals surface area contributed by atoms with E-state index in [9.17, 15) is 4.79 Å². The second kappa shape index (κ2) is 7.91. The zero-order valence-corrected chi connectivity index (χ0v) is 13.1. The molecule has 1 heterocycles. The molecule has 0 aromatic heterocycles. The molecule has 4 heteroatoms. The van der Waals surface area contributed by atoms with Gasteiger partial charge in [0.15, 0.2) is 0 Å². The van der Waals surface area contributed by atoms with Gasteiger partial charge in [-0.15, -0.1) is 0 Å². The van der Waals surface area contributed by atoms with Crippen molar-refractivity contribution in [3.8, 4) is 0 Å². The molecule has 0 atom stereocenters. The number of carbonyl (C=O) groups is 1. The maximum atomic E-state index is 11.4. The lowest BCUT2D eigenvalue weighted by atomic mass is 10.1. The van der Waals surface area contributed by atoms with E-state index >= 15 is 0 Å². The molecule has 0 bridgehead atoms. The molecule has 0 spiro atoms. The fourth-order valence-corrected chi connectivity index (χ4v) is 2.96. The van der Waals surface area contributed by atoms with Crippen LogP contribution in [-0.2, 0) is 4.79 Å². The molecule has 1 fully saturated rings. The molecule has 1 saturated heterocycles. The Balaban J connectivity index is 2.23. The summed E-state index contributed by atoms with van der Waals surface area (Å²) in [5.74, 6) is -0.264. The minimum atomic E-state index is -0.264. The number of anilines is 2. The Morgan fingerprint density at radius 1 is 1.24 bits per heavy atom. The van der Waals surface area contributed by atoms with Crippen LogP contribution in [0.2, 0.25) is 0 Å². The van der Waals surface area contributed by atoms with Crippen molar-refractivity contribution >= 4 is 17.3 Å². The van der Waals surface area contributed by atoms with Gasteiger partial charge in [-0.2, -0.15) is 0 Å². The van der Waals surface area contributed by atoms with E-state index in [0.717, 1.165) is 38.2 Å². The van der Waals surface area contributed by atoms with Crippen molar-refractivity contribution in [3.63, 3.8) is 0 Å². The van der Waals surface area contributed by atoms with E-state index in [2.05, 4.69) is 34.9 Å². The third-order valence-electron chi connectivity index (χ3n) is 4.05. The third kappa shape index (κ3) is 4.38. The van der Waals surface area contributed by atoms with Gasteiger partial charge >= 0.3 is 0 Å². The van der Waals surface area contributed by atoms with Gasteiger partial charge in [-0.3, -0.25) is 4.79 Å². The molecule has 1 aromatic rings. The Bertz CT molecular complexity index is 455. The number of benzene rings is 1. The van der Waals surface area contributed by atoms with E-state index in [1.807, 2.05) is 6.07 Å². The van der Waals surface area contributed by atoms with Crippen LogP contribution in [-0.4, -0.2) is 32.1 Å². The Morgan fingerprint density at radius 3 is 2.62 bits per heavy atom. The van der Waals surface area contributed by atoms with Crippen LogP contribution in [0.4, 0.5) is 11.4 Å². The fraction of sp³-hybridized carbons (Fsp3) is 0.588. The van der Waals surface area contributed by atoms with Crippen LogP contribution in [0.5, 0.6) is 0 Å². The zero-order valence-electron chi connectivity index (χ0n) is 13.1. The molecular weight excluding hydrogens is 262 g/mol. The second-order valence-electron chi connectivity index (χ2n) is 5.78. The van der Waals surface area contributed by atoms with Gasteiger partial charge in [0.25, 0.3) is 0 Å². The SMILES string of the molecule is CCCCN(CC(N)=O)c1ccccc1N1CCCCC1. The number of nitrogens with zero attached hydrogens (tertiary/aromatic N) is 2. The van der Waals surface area contributed by atoms with Crippen molar-refractivity contribution < 1.29 is 4.79 Å². The van der Waals surface area contributed by atoms with Crippen LogP contribution in [0.3, 0.4) is 0 Å². The molecule has 116 valence electrons. The molecule has 0 unspecified atom stereocenters. The van der Waals surface area contributed by atoms with E-state index in [1.165, 1.54) is 24.9 Å². The van der Waals surface area contributed by atoms with Crippen molar-refractivity contribution in [2.75, 3.05) is 36.0 Å². The van der Waals surface area contributed by atoms with Gasteiger partial charge in [-0.05, 0) is 37.8 Å². The first-order valence-corrected chi connectivity index (χ1v) is 8.09. The molecule has 1 aliphatic rings. The van der Waals surface area contributed by atoms with E-state index in [-0.39, 0.29) is 5.91 Å². The number of piperidine rings is 1.